The van der Waals surface area contributed by atoms with E-state index in [4.69, 9.17) is 14.4 Å². The standard InChI is InChI=1S/H3O6PSi/c1-7(2)6-8(3,4)5/h3-5H. The molecule has 8 heteroatoms. The summed E-state index contributed by atoms with van der Waals surface area (Å²) >= 11 is 0. The van der Waals surface area contributed by atoms with E-state index in [-0.39, 0.29) is 0 Å². The Labute approximate surface area is 45.7 Å². The van der Waals surface area contributed by atoms with Crippen LogP contribution < -0.4 is 0 Å². The Morgan fingerprint density at radius 1 is 1.25 bits per heavy atom. The minimum atomic E-state index is -4.82. The van der Waals surface area contributed by atoms with Crippen molar-refractivity contribution in [2.24, 2.45) is 0 Å². The summed E-state index contributed by atoms with van der Waals surface area (Å²) < 4.78 is 22.0. The van der Waals surface area contributed by atoms with E-state index in [2.05, 4.69) is 4.21 Å². The Balaban J connectivity index is 3.73. The molecule has 0 unspecified atom stereocenters. The van der Waals surface area contributed by atoms with E-state index in [1.165, 1.54) is 0 Å². The predicted octanol–water partition coefficient (Wildman–Crippen LogP) is -1.50. The van der Waals surface area contributed by atoms with Crippen molar-refractivity contribution < 1.29 is 27.7 Å². The molecule has 3 N–H and O–H groups in total. The topological polar surface area (TPSA) is 104 Å². The number of hydrogen-bond acceptors (Lipinski definition) is 6. The van der Waals surface area contributed by atoms with Crippen molar-refractivity contribution in [1.82, 2.24) is 0 Å². The van der Waals surface area contributed by atoms with E-state index >= 15 is 0 Å². The van der Waals surface area contributed by atoms with Gasteiger partial charge in [0.2, 0.25) is 0 Å². The Kier molecular flexibility index (Phi) is 2.48. The zero-order valence-corrected chi connectivity index (χ0v) is 5.41. The van der Waals surface area contributed by atoms with Crippen LogP contribution in [0.5, 0.6) is 0 Å². The first kappa shape index (κ1) is 7.96. The quantitative estimate of drug-likeness (QED) is 0.334. The summed E-state index contributed by atoms with van der Waals surface area (Å²) in [5.74, 6) is 0. The van der Waals surface area contributed by atoms with Gasteiger partial charge in [0.15, 0.2) is 0 Å². The van der Waals surface area contributed by atoms with Crippen LogP contribution in [0, 0.1) is 0 Å². The van der Waals surface area contributed by atoms with E-state index in [1.807, 2.05) is 0 Å². The van der Waals surface area contributed by atoms with Crippen molar-refractivity contribution in [2.75, 3.05) is 0 Å². The minimum absolute atomic E-state index is 3.20. The average molecular weight is 158 g/mol. The summed E-state index contributed by atoms with van der Waals surface area (Å²) in [6.45, 7) is 0. The van der Waals surface area contributed by atoms with Crippen LogP contribution in [0.4, 0.5) is 0 Å². The first-order valence-corrected chi connectivity index (χ1v) is 4.27. The molecule has 0 aliphatic rings. The lowest BCUT2D eigenvalue weighted by Gasteiger charge is -1.99. The monoisotopic (exact) mass is 158 g/mol. The van der Waals surface area contributed by atoms with Gasteiger partial charge in [-0.15, -0.1) is 0 Å². The molecular weight excluding hydrogens is 155 g/mol. The predicted molar refractivity (Wildman–Crippen MR) is 21.8 cm³/mol. The van der Waals surface area contributed by atoms with Crippen LogP contribution in [0.25, 0.3) is 0 Å². The molecule has 0 aliphatic carbocycles. The van der Waals surface area contributed by atoms with Crippen LogP contribution in [0.15, 0.2) is 0 Å². The average Bonchev–Trinajstić information content (AvgIpc) is 1.21. The lowest BCUT2D eigenvalue weighted by atomic mass is 15.7. The molecule has 8 heavy (non-hydrogen) atoms. The van der Waals surface area contributed by atoms with Gasteiger partial charge in [0.05, 0.1) is 0 Å². The number of hydrogen-bond donors (Lipinski definition) is 3. The highest BCUT2D eigenvalue weighted by Crippen LogP contribution is 2.08. The van der Waals surface area contributed by atoms with Crippen molar-refractivity contribution in [3.05, 3.63) is 0 Å². The van der Waals surface area contributed by atoms with E-state index < -0.39 is 17.0 Å². The fourth-order valence-electron chi connectivity index (χ4n) is 0.100. The molecule has 0 saturated heterocycles. The fourth-order valence-corrected chi connectivity index (χ4v) is 0.900. The van der Waals surface area contributed by atoms with Crippen molar-refractivity contribution in [1.29, 1.82) is 0 Å². The van der Waals surface area contributed by atoms with Gasteiger partial charge in [0.1, 0.15) is 0 Å². The van der Waals surface area contributed by atoms with Crippen LogP contribution in [0.3, 0.4) is 0 Å². The number of rotatable bonds is 2. The molecule has 6 nitrogen and oxygen atoms in total. The van der Waals surface area contributed by atoms with Gasteiger partial charge in [-0.2, -0.15) is 0 Å². The van der Waals surface area contributed by atoms with Gasteiger partial charge in [0, 0.05) is 0 Å². The third-order valence-electron chi connectivity index (χ3n) is 0.197. The third-order valence-corrected chi connectivity index (χ3v) is 1.77. The highest BCUT2D eigenvalue weighted by molar-refractivity contribution is 7.26. The highest BCUT2D eigenvalue weighted by atomic mass is 31.1. The molecule has 0 aliphatic heterocycles. The maximum Gasteiger partial charge on any atom is 0.683 e. The Hall–Kier alpha value is -0.0431. The minimum Gasteiger partial charge on any atom is -0.367 e. The molecule has 0 saturated carbocycles. The van der Waals surface area contributed by atoms with Gasteiger partial charge in [-0.1, -0.05) is 0 Å². The second-order valence-corrected chi connectivity index (χ2v) is 3.21. The largest absolute Gasteiger partial charge is 0.683 e. The van der Waals surface area contributed by atoms with Crippen LogP contribution in [0.2, 0.25) is 0 Å². The summed E-state index contributed by atoms with van der Waals surface area (Å²) in [7, 11) is -8.19. The third kappa shape index (κ3) is 5.96. The molecule has 48 valence electrons. The van der Waals surface area contributed by atoms with Gasteiger partial charge in [0.25, 0.3) is 0 Å². The molecule has 0 aromatic rings. The Morgan fingerprint density at radius 3 is 1.62 bits per heavy atom. The van der Waals surface area contributed by atoms with Gasteiger partial charge < -0.3 is 14.4 Å². The molecule has 0 radical (unpaired) electrons. The van der Waals surface area contributed by atoms with Gasteiger partial charge in [-0.25, -0.2) is 13.3 Å². The van der Waals surface area contributed by atoms with Gasteiger partial charge in [-0.3, -0.25) is 0 Å². The second-order valence-electron chi connectivity index (χ2n) is 0.889. The lowest BCUT2D eigenvalue weighted by molar-refractivity contribution is 0.130. The van der Waals surface area contributed by atoms with Crippen molar-refractivity contribution >= 4 is 17.0 Å². The molecule has 0 aromatic heterocycles. The second kappa shape index (κ2) is 2.49. The van der Waals surface area contributed by atoms with Crippen molar-refractivity contribution in [3.8, 4) is 0 Å². The van der Waals surface area contributed by atoms with Crippen LogP contribution in [0.1, 0.15) is 0 Å². The first-order chi connectivity index (χ1) is 3.42. The van der Waals surface area contributed by atoms with E-state index in [0.717, 1.165) is 0 Å². The van der Waals surface area contributed by atoms with E-state index in [1.54, 1.807) is 0 Å². The molecule has 0 spiro atoms. The van der Waals surface area contributed by atoms with Crippen molar-refractivity contribution in [2.45, 2.75) is 0 Å². The van der Waals surface area contributed by atoms with Crippen LogP contribution in [-0.2, 0) is 13.3 Å². The molecule has 0 heterocycles. The van der Waals surface area contributed by atoms with Crippen LogP contribution in [-0.4, -0.2) is 23.4 Å². The Bertz CT molecular complexity index is 120. The molecule has 0 amide bonds. The van der Waals surface area contributed by atoms with E-state index in [0.29, 0.717) is 0 Å². The van der Waals surface area contributed by atoms with Gasteiger partial charge in [-0.05, 0) is 0 Å². The molecule has 0 fully saturated rings. The summed E-state index contributed by atoms with van der Waals surface area (Å²) in [4.78, 5) is 23.5. The lowest BCUT2D eigenvalue weighted by Crippen LogP contribution is -2.35. The smallest absolute Gasteiger partial charge is 0.367 e. The van der Waals surface area contributed by atoms with E-state index in [9.17, 15) is 9.13 Å². The van der Waals surface area contributed by atoms with Crippen molar-refractivity contribution in [3.63, 3.8) is 0 Å². The zero-order valence-electron chi connectivity index (χ0n) is 3.51. The normalized spacial score (nSPS) is 11.4. The van der Waals surface area contributed by atoms with Crippen LogP contribution >= 0.6 is 7.91 Å². The molecule has 0 rings (SSSR count). The fraction of sp³-hybridized carbons (Fsp3) is 0. The summed E-state index contributed by atoms with van der Waals surface area (Å²) in [6, 6.07) is 0. The van der Waals surface area contributed by atoms with Gasteiger partial charge >= 0.3 is 17.0 Å². The Morgan fingerprint density at radius 2 is 1.62 bits per heavy atom. The molecule has 0 bridgehead atoms. The maximum atomic E-state index is 9.38. The molecule has 0 aromatic carbocycles. The molecule has 0 atom stereocenters. The molecular formula is H3O6PSi. The highest BCUT2D eigenvalue weighted by Gasteiger charge is 2.33. The maximum absolute atomic E-state index is 9.38. The summed E-state index contributed by atoms with van der Waals surface area (Å²) in [5, 5.41) is 0. The summed E-state index contributed by atoms with van der Waals surface area (Å²) in [5.41, 5.74) is 0. The summed E-state index contributed by atoms with van der Waals surface area (Å²) in [6.07, 6.45) is 0. The first-order valence-electron chi connectivity index (χ1n) is 1.42. The zero-order chi connectivity index (χ0) is 6.78. The SMILES string of the molecule is O=P(=O)O[Si](O)(O)O.